The van der Waals surface area contributed by atoms with Crippen LogP contribution in [0.25, 0.3) is 10.2 Å². The summed E-state index contributed by atoms with van der Waals surface area (Å²) in [6, 6.07) is 1.17. The summed E-state index contributed by atoms with van der Waals surface area (Å²) < 4.78 is 14.2. The minimum absolute atomic E-state index is 0.0615. The summed E-state index contributed by atoms with van der Waals surface area (Å²) in [6.45, 7) is 5.38. The number of carbonyl (C=O) groups is 1. The van der Waals surface area contributed by atoms with E-state index < -0.39 is 5.82 Å². The Labute approximate surface area is 154 Å². The number of halogens is 1. The highest BCUT2D eigenvalue weighted by atomic mass is 32.1. The lowest BCUT2D eigenvalue weighted by Gasteiger charge is -2.30. The minimum atomic E-state index is -0.394. The SMILES string of the molecule is Cc1csc2c(C(=O)N3CCC3)nc(NC(C)c3cncc(F)c3)nc12. The van der Waals surface area contributed by atoms with Gasteiger partial charge in [-0.25, -0.2) is 14.4 Å². The molecule has 4 heterocycles. The molecule has 0 spiro atoms. The molecule has 0 aliphatic carbocycles. The van der Waals surface area contributed by atoms with Crippen molar-refractivity contribution >= 4 is 33.4 Å². The van der Waals surface area contributed by atoms with E-state index in [1.807, 2.05) is 19.2 Å². The van der Waals surface area contributed by atoms with Crippen LogP contribution >= 0.6 is 11.3 Å². The zero-order chi connectivity index (χ0) is 18.3. The quantitative estimate of drug-likeness (QED) is 0.759. The highest BCUT2D eigenvalue weighted by molar-refractivity contribution is 7.17. The van der Waals surface area contributed by atoms with E-state index in [2.05, 4.69) is 20.3 Å². The fraction of sp³-hybridized carbons (Fsp3) is 0.333. The predicted molar refractivity (Wildman–Crippen MR) is 98.9 cm³/mol. The Morgan fingerprint density at radius 1 is 1.35 bits per heavy atom. The van der Waals surface area contributed by atoms with Gasteiger partial charge in [-0.1, -0.05) is 0 Å². The molecule has 8 heteroatoms. The van der Waals surface area contributed by atoms with Gasteiger partial charge in [-0.2, -0.15) is 0 Å². The van der Waals surface area contributed by atoms with Gasteiger partial charge in [0.25, 0.3) is 5.91 Å². The lowest BCUT2D eigenvalue weighted by Crippen LogP contribution is -2.42. The third-order valence-corrected chi connectivity index (χ3v) is 5.60. The first kappa shape index (κ1) is 16.8. The second-order valence-electron chi connectivity index (χ2n) is 6.44. The number of aryl methyl sites for hydroxylation is 1. The number of nitrogens with one attached hydrogen (secondary N) is 1. The van der Waals surface area contributed by atoms with Gasteiger partial charge in [0, 0.05) is 19.3 Å². The van der Waals surface area contributed by atoms with Crippen molar-refractivity contribution < 1.29 is 9.18 Å². The number of hydrogen-bond acceptors (Lipinski definition) is 6. The Morgan fingerprint density at radius 2 is 2.15 bits per heavy atom. The third kappa shape index (κ3) is 3.01. The molecule has 1 unspecified atom stereocenters. The molecule has 4 rings (SSSR count). The molecule has 26 heavy (non-hydrogen) atoms. The van der Waals surface area contributed by atoms with Crippen LogP contribution in [0.3, 0.4) is 0 Å². The number of likely N-dealkylation sites (tertiary alicyclic amines) is 1. The summed E-state index contributed by atoms with van der Waals surface area (Å²) >= 11 is 1.49. The number of amides is 1. The van der Waals surface area contributed by atoms with Gasteiger partial charge in [0.2, 0.25) is 5.95 Å². The van der Waals surface area contributed by atoms with E-state index in [0.717, 1.165) is 41.5 Å². The number of rotatable bonds is 4. The van der Waals surface area contributed by atoms with Crippen LogP contribution in [0.1, 0.15) is 41.0 Å². The number of carbonyl (C=O) groups excluding carboxylic acids is 1. The first-order valence-corrected chi connectivity index (χ1v) is 9.33. The summed E-state index contributed by atoms with van der Waals surface area (Å²) in [7, 11) is 0. The van der Waals surface area contributed by atoms with Crippen LogP contribution in [-0.4, -0.2) is 38.8 Å². The fourth-order valence-corrected chi connectivity index (χ4v) is 3.82. The Bertz CT molecular complexity index is 985. The maximum atomic E-state index is 13.4. The molecule has 134 valence electrons. The zero-order valence-electron chi connectivity index (χ0n) is 14.5. The van der Waals surface area contributed by atoms with Crippen molar-refractivity contribution in [3.63, 3.8) is 0 Å². The highest BCUT2D eigenvalue weighted by Crippen LogP contribution is 2.30. The van der Waals surface area contributed by atoms with Gasteiger partial charge < -0.3 is 10.2 Å². The van der Waals surface area contributed by atoms with E-state index in [1.165, 1.54) is 17.4 Å². The highest BCUT2D eigenvalue weighted by Gasteiger charge is 2.26. The molecule has 3 aromatic rings. The van der Waals surface area contributed by atoms with Gasteiger partial charge in [0.1, 0.15) is 5.82 Å². The van der Waals surface area contributed by atoms with Crippen LogP contribution in [0.4, 0.5) is 10.3 Å². The Morgan fingerprint density at radius 3 is 2.85 bits per heavy atom. The summed E-state index contributed by atoms with van der Waals surface area (Å²) in [5.74, 6) is -0.0943. The molecule has 1 fully saturated rings. The molecule has 6 nitrogen and oxygen atoms in total. The van der Waals surface area contributed by atoms with E-state index in [1.54, 1.807) is 11.1 Å². The molecule has 0 radical (unpaired) electrons. The monoisotopic (exact) mass is 371 g/mol. The van der Waals surface area contributed by atoms with E-state index in [-0.39, 0.29) is 11.9 Å². The molecule has 1 aliphatic heterocycles. The normalized spacial score (nSPS) is 15.0. The van der Waals surface area contributed by atoms with Crippen LogP contribution in [-0.2, 0) is 0 Å². The molecule has 3 aromatic heterocycles. The van der Waals surface area contributed by atoms with Crippen molar-refractivity contribution in [3.8, 4) is 0 Å². The lowest BCUT2D eigenvalue weighted by molar-refractivity contribution is 0.0648. The first-order chi connectivity index (χ1) is 12.5. The summed E-state index contributed by atoms with van der Waals surface area (Å²) in [5.41, 5.74) is 2.90. The van der Waals surface area contributed by atoms with Crippen molar-refractivity contribution in [2.75, 3.05) is 18.4 Å². The molecule has 1 aliphatic rings. The molecule has 0 saturated carbocycles. The maximum absolute atomic E-state index is 13.4. The molecule has 1 N–H and O–H groups in total. The second kappa shape index (κ2) is 6.60. The van der Waals surface area contributed by atoms with Crippen molar-refractivity contribution in [2.24, 2.45) is 0 Å². The smallest absolute Gasteiger partial charge is 0.274 e. The average Bonchev–Trinajstić information content (AvgIpc) is 2.94. The van der Waals surface area contributed by atoms with Gasteiger partial charge in [0.15, 0.2) is 5.69 Å². The molecule has 0 bridgehead atoms. The number of aromatic nitrogens is 3. The van der Waals surface area contributed by atoms with Crippen molar-refractivity contribution in [3.05, 3.63) is 46.5 Å². The molecule has 1 saturated heterocycles. The number of anilines is 1. The largest absolute Gasteiger partial charge is 0.348 e. The van der Waals surface area contributed by atoms with Crippen molar-refractivity contribution in [2.45, 2.75) is 26.3 Å². The Hall–Kier alpha value is -2.61. The number of pyridine rings is 1. The van der Waals surface area contributed by atoms with E-state index >= 15 is 0 Å². The summed E-state index contributed by atoms with van der Waals surface area (Å²) in [4.78, 5) is 27.5. The maximum Gasteiger partial charge on any atom is 0.274 e. The van der Waals surface area contributed by atoms with E-state index in [0.29, 0.717) is 17.2 Å². The van der Waals surface area contributed by atoms with Crippen LogP contribution < -0.4 is 5.32 Å². The molecule has 1 amide bonds. The Kier molecular flexibility index (Phi) is 4.28. The lowest BCUT2D eigenvalue weighted by atomic mass is 10.1. The molecular weight excluding hydrogens is 353 g/mol. The van der Waals surface area contributed by atoms with Crippen LogP contribution in [0.2, 0.25) is 0 Å². The third-order valence-electron chi connectivity index (χ3n) is 4.51. The summed E-state index contributed by atoms with van der Waals surface area (Å²) in [6.07, 6.45) is 3.79. The van der Waals surface area contributed by atoms with Crippen molar-refractivity contribution in [1.29, 1.82) is 0 Å². The van der Waals surface area contributed by atoms with Gasteiger partial charge in [-0.05, 0) is 42.8 Å². The van der Waals surface area contributed by atoms with Gasteiger partial charge in [0.05, 0.1) is 22.5 Å². The van der Waals surface area contributed by atoms with E-state index in [9.17, 15) is 9.18 Å². The second-order valence-corrected chi connectivity index (χ2v) is 7.32. The number of fused-ring (bicyclic) bond motifs is 1. The summed E-state index contributed by atoms with van der Waals surface area (Å²) in [5, 5.41) is 5.15. The topological polar surface area (TPSA) is 71.0 Å². The van der Waals surface area contributed by atoms with Crippen LogP contribution in [0, 0.1) is 12.7 Å². The standard InChI is InChI=1S/C18H18FN5OS/c1-10-9-26-16-14(10)22-18(23-15(16)17(25)24-4-3-5-24)21-11(2)12-6-13(19)8-20-7-12/h6-9,11H,3-5H2,1-2H3,(H,21,22,23). The molecule has 1 atom stereocenters. The van der Waals surface area contributed by atoms with Crippen molar-refractivity contribution in [1.82, 2.24) is 19.9 Å². The van der Waals surface area contributed by atoms with Gasteiger partial charge in [-0.3, -0.25) is 9.78 Å². The van der Waals surface area contributed by atoms with E-state index in [4.69, 9.17) is 0 Å². The fourth-order valence-electron chi connectivity index (χ4n) is 2.85. The van der Waals surface area contributed by atoms with Crippen LogP contribution in [0.5, 0.6) is 0 Å². The number of hydrogen-bond donors (Lipinski definition) is 1. The minimum Gasteiger partial charge on any atom is -0.348 e. The zero-order valence-corrected chi connectivity index (χ0v) is 15.3. The van der Waals surface area contributed by atoms with Crippen LogP contribution in [0.15, 0.2) is 23.8 Å². The van der Waals surface area contributed by atoms with Gasteiger partial charge >= 0.3 is 0 Å². The van der Waals surface area contributed by atoms with Gasteiger partial charge in [-0.15, -0.1) is 11.3 Å². The molecular formula is C18H18FN5OS. The molecule has 0 aromatic carbocycles. The number of nitrogens with zero attached hydrogens (tertiary/aromatic N) is 4. The number of thiophene rings is 1. The Balaban J connectivity index is 1.70. The average molecular weight is 371 g/mol. The first-order valence-electron chi connectivity index (χ1n) is 8.45. The predicted octanol–water partition coefficient (Wildman–Crippen LogP) is 3.55.